The van der Waals surface area contributed by atoms with E-state index in [0.717, 1.165) is 49.8 Å². The minimum atomic E-state index is 0. The molecule has 0 saturated heterocycles. The topological polar surface area (TPSA) is 76.7 Å². The van der Waals surface area contributed by atoms with Gasteiger partial charge in [0.1, 0.15) is 18.2 Å². The lowest BCUT2D eigenvalue weighted by Crippen LogP contribution is -2.41. The number of nitrogens with zero attached hydrogens (tertiary/aromatic N) is 5. The second kappa shape index (κ2) is 12.2. The van der Waals surface area contributed by atoms with E-state index in [4.69, 9.17) is 16.3 Å². The zero-order valence-electron chi connectivity index (χ0n) is 17.5. The highest BCUT2D eigenvalue weighted by molar-refractivity contribution is 14.0. The maximum Gasteiger partial charge on any atom is 0.345 e. The molecule has 0 atom stereocenters. The van der Waals surface area contributed by atoms with Gasteiger partial charge in [-0.3, -0.25) is 9.56 Å². The summed E-state index contributed by atoms with van der Waals surface area (Å²) in [5.74, 6) is 2.51. The summed E-state index contributed by atoms with van der Waals surface area (Å²) in [7, 11) is 3.72. The van der Waals surface area contributed by atoms with E-state index in [-0.39, 0.29) is 29.7 Å². The third-order valence-corrected chi connectivity index (χ3v) is 5.20. The third kappa shape index (κ3) is 6.63. The highest BCUT2D eigenvalue weighted by Gasteiger charge is 2.16. The van der Waals surface area contributed by atoms with Crippen molar-refractivity contribution in [2.24, 2.45) is 4.99 Å². The number of likely N-dealkylation sites (N-methyl/N-ethyl adjacent to an activating group) is 1. The summed E-state index contributed by atoms with van der Waals surface area (Å²) in [6, 6.07) is 7.32. The highest BCUT2D eigenvalue weighted by atomic mass is 127. The van der Waals surface area contributed by atoms with Crippen molar-refractivity contribution in [1.29, 1.82) is 0 Å². The first-order valence-electron chi connectivity index (χ1n) is 10.0. The molecule has 166 valence electrons. The van der Waals surface area contributed by atoms with Crippen LogP contribution >= 0.6 is 35.6 Å². The molecule has 0 amide bonds. The molecular formula is C20H30ClIN6O2. The molecule has 2 heterocycles. The van der Waals surface area contributed by atoms with Crippen LogP contribution in [-0.2, 0) is 19.5 Å². The van der Waals surface area contributed by atoms with Gasteiger partial charge in [0.05, 0.1) is 6.54 Å². The molecule has 0 aliphatic carbocycles. The molecule has 1 aliphatic heterocycles. The van der Waals surface area contributed by atoms with Gasteiger partial charge >= 0.3 is 5.69 Å². The molecule has 0 radical (unpaired) electrons. The Labute approximate surface area is 199 Å². The Balaban J connectivity index is 0.00000320. The smallest absolute Gasteiger partial charge is 0.345 e. The summed E-state index contributed by atoms with van der Waals surface area (Å²) in [4.78, 5) is 18.7. The summed E-state index contributed by atoms with van der Waals surface area (Å²) >= 11 is 5.88. The molecule has 3 rings (SSSR count). The van der Waals surface area contributed by atoms with Crippen LogP contribution in [0.3, 0.4) is 0 Å². The fraction of sp³-hybridized carbons (Fsp3) is 0.550. The minimum Gasteiger partial charge on any atom is -0.492 e. The maximum absolute atomic E-state index is 12.3. The summed E-state index contributed by atoms with van der Waals surface area (Å²) < 4.78 is 9.13. The van der Waals surface area contributed by atoms with Crippen LogP contribution in [0.15, 0.2) is 34.1 Å². The molecule has 2 aromatic rings. The number of fused-ring (bicyclic) bond motifs is 1. The number of ether oxygens (including phenoxy) is 1. The molecule has 0 bridgehead atoms. The van der Waals surface area contributed by atoms with Crippen LogP contribution in [0.2, 0.25) is 5.02 Å². The Bertz CT molecular complexity index is 880. The first-order chi connectivity index (χ1) is 14.1. The van der Waals surface area contributed by atoms with E-state index in [9.17, 15) is 4.79 Å². The third-order valence-electron chi connectivity index (χ3n) is 4.94. The fourth-order valence-electron chi connectivity index (χ4n) is 3.35. The monoisotopic (exact) mass is 548 g/mol. The molecule has 1 N–H and O–H groups in total. The van der Waals surface area contributed by atoms with Crippen LogP contribution in [0, 0.1) is 0 Å². The second-order valence-corrected chi connectivity index (χ2v) is 7.52. The van der Waals surface area contributed by atoms with E-state index in [1.165, 1.54) is 0 Å². The number of aryl methyl sites for hydroxylation is 2. The number of aliphatic imine (C=N–C) groups is 1. The quantitative estimate of drug-likeness (QED) is 0.238. The van der Waals surface area contributed by atoms with Gasteiger partial charge in [-0.1, -0.05) is 11.6 Å². The zero-order chi connectivity index (χ0) is 20.6. The van der Waals surface area contributed by atoms with Crippen molar-refractivity contribution in [2.45, 2.75) is 38.8 Å². The van der Waals surface area contributed by atoms with Crippen molar-refractivity contribution in [3.05, 3.63) is 45.6 Å². The van der Waals surface area contributed by atoms with Crippen molar-refractivity contribution in [1.82, 2.24) is 24.6 Å². The van der Waals surface area contributed by atoms with Gasteiger partial charge in [-0.05, 0) is 43.5 Å². The molecule has 0 saturated carbocycles. The van der Waals surface area contributed by atoms with Crippen molar-refractivity contribution >= 4 is 41.5 Å². The van der Waals surface area contributed by atoms with Gasteiger partial charge in [0.2, 0.25) is 0 Å². The molecule has 0 unspecified atom stereocenters. The number of nitrogens with one attached hydrogen (secondary N) is 1. The van der Waals surface area contributed by atoms with Gasteiger partial charge in [0.15, 0.2) is 5.96 Å². The van der Waals surface area contributed by atoms with Crippen molar-refractivity contribution in [2.75, 3.05) is 33.8 Å². The van der Waals surface area contributed by atoms with Crippen molar-refractivity contribution < 1.29 is 4.74 Å². The van der Waals surface area contributed by atoms with E-state index in [1.54, 1.807) is 11.7 Å². The molecule has 0 spiro atoms. The number of guanidine groups is 1. The lowest BCUT2D eigenvalue weighted by atomic mass is 10.2. The molecule has 1 aromatic heterocycles. The van der Waals surface area contributed by atoms with E-state index < -0.39 is 0 Å². The van der Waals surface area contributed by atoms with Crippen LogP contribution < -0.4 is 15.7 Å². The Morgan fingerprint density at radius 2 is 2.10 bits per heavy atom. The molecule has 8 nitrogen and oxygen atoms in total. The number of hydrogen-bond donors (Lipinski definition) is 1. The van der Waals surface area contributed by atoms with E-state index >= 15 is 0 Å². The first kappa shape index (κ1) is 24.5. The average Bonchev–Trinajstić information content (AvgIpc) is 3.05. The maximum atomic E-state index is 12.3. The standard InChI is InChI=1S/C20H29ClN6O2.HI/c1-22-19(25(2)14-15-29-17-9-7-16(21)8-10-17)23-11-5-13-27-20(28)26-12-4-3-6-18(26)24-27;/h7-10H,3-6,11-15H2,1-2H3,(H,22,23);1H. The number of benzene rings is 1. The summed E-state index contributed by atoms with van der Waals surface area (Å²) in [5, 5.41) is 8.49. The average molecular weight is 549 g/mol. The second-order valence-electron chi connectivity index (χ2n) is 7.08. The highest BCUT2D eigenvalue weighted by Crippen LogP contribution is 2.15. The Morgan fingerprint density at radius 1 is 1.33 bits per heavy atom. The predicted molar refractivity (Wildman–Crippen MR) is 130 cm³/mol. The zero-order valence-corrected chi connectivity index (χ0v) is 20.6. The van der Waals surface area contributed by atoms with Gasteiger partial charge in [0, 0.05) is 45.2 Å². The molecule has 0 fully saturated rings. The molecular weight excluding hydrogens is 519 g/mol. The molecule has 10 heteroatoms. The number of aromatic nitrogens is 3. The van der Waals surface area contributed by atoms with Gasteiger partial charge < -0.3 is 15.0 Å². The van der Waals surface area contributed by atoms with Crippen molar-refractivity contribution in [3.63, 3.8) is 0 Å². The van der Waals surface area contributed by atoms with Crippen molar-refractivity contribution in [3.8, 4) is 5.75 Å². The van der Waals surface area contributed by atoms with E-state index in [2.05, 4.69) is 15.4 Å². The predicted octanol–water partition coefficient (Wildman–Crippen LogP) is 2.63. The number of hydrogen-bond acceptors (Lipinski definition) is 4. The van der Waals surface area contributed by atoms with E-state index in [0.29, 0.717) is 31.3 Å². The lowest BCUT2D eigenvalue weighted by molar-refractivity contribution is 0.281. The normalized spacial score (nSPS) is 13.4. The Kier molecular flexibility index (Phi) is 9.96. The molecule has 1 aromatic carbocycles. The van der Waals surface area contributed by atoms with Crippen LogP contribution in [0.1, 0.15) is 25.1 Å². The van der Waals surface area contributed by atoms with Gasteiger partial charge in [0.25, 0.3) is 0 Å². The minimum absolute atomic E-state index is 0. The largest absolute Gasteiger partial charge is 0.492 e. The lowest BCUT2D eigenvalue weighted by Gasteiger charge is -2.22. The molecule has 1 aliphatic rings. The SMILES string of the molecule is CN=C(NCCCn1nc2n(c1=O)CCCC2)N(C)CCOc1ccc(Cl)cc1.I. The van der Waals surface area contributed by atoms with Gasteiger partial charge in [-0.2, -0.15) is 5.10 Å². The van der Waals surface area contributed by atoms with Crippen LogP contribution in [0.5, 0.6) is 5.75 Å². The van der Waals surface area contributed by atoms with Gasteiger partial charge in [-0.25, -0.2) is 9.48 Å². The number of halogens is 2. The fourth-order valence-corrected chi connectivity index (χ4v) is 3.47. The van der Waals surface area contributed by atoms with Crippen LogP contribution in [0.4, 0.5) is 0 Å². The van der Waals surface area contributed by atoms with Crippen LogP contribution in [0.25, 0.3) is 0 Å². The molecule has 30 heavy (non-hydrogen) atoms. The Hall–Kier alpha value is -1.75. The summed E-state index contributed by atoms with van der Waals surface area (Å²) in [6.07, 6.45) is 3.87. The Morgan fingerprint density at radius 3 is 2.80 bits per heavy atom. The summed E-state index contributed by atoms with van der Waals surface area (Å²) in [5.41, 5.74) is 0.0144. The summed E-state index contributed by atoms with van der Waals surface area (Å²) in [6.45, 7) is 3.34. The van der Waals surface area contributed by atoms with Crippen LogP contribution in [-0.4, -0.2) is 59.0 Å². The van der Waals surface area contributed by atoms with E-state index in [1.807, 2.05) is 40.8 Å². The van der Waals surface area contributed by atoms with Gasteiger partial charge in [-0.15, -0.1) is 24.0 Å². The first-order valence-corrected chi connectivity index (χ1v) is 10.4. The number of rotatable bonds is 8.